The van der Waals surface area contributed by atoms with Crippen LogP contribution in [-0.4, -0.2) is 15.7 Å². The molecule has 1 aromatic heterocycles. The van der Waals surface area contributed by atoms with Gasteiger partial charge in [-0.25, -0.2) is 0 Å². The molecule has 0 fully saturated rings. The van der Waals surface area contributed by atoms with Gasteiger partial charge in [-0.1, -0.05) is 45.0 Å². The van der Waals surface area contributed by atoms with Gasteiger partial charge in [-0.15, -0.1) is 0 Å². The monoisotopic (exact) mass is 391 g/mol. The van der Waals surface area contributed by atoms with Crippen molar-refractivity contribution in [3.8, 4) is 5.75 Å². The van der Waals surface area contributed by atoms with Crippen molar-refractivity contribution in [2.75, 3.05) is 5.32 Å². The second-order valence-corrected chi connectivity index (χ2v) is 8.18. The van der Waals surface area contributed by atoms with E-state index in [1.54, 1.807) is 12.3 Å². The number of nitrogens with one attached hydrogen (secondary N) is 1. The Hall–Kier alpha value is -3.08. The number of carbonyl (C=O) groups is 1. The second-order valence-electron chi connectivity index (χ2n) is 8.18. The fourth-order valence-electron chi connectivity index (χ4n) is 3.10. The lowest BCUT2D eigenvalue weighted by molar-refractivity contribution is 0.102. The molecule has 0 aliphatic rings. The van der Waals surface area contributed by atoms with Crippen LogP contribution in [0.4, 0.5) is 5.69 Å². The fraction of sp³-hybridized carbons (Fsp3) is 0.333. The van der Waals surface area contributed by atoms with E-state index in [9.17, 15) is 4.79 Å². The average Bonchev–Trinajstić information content (AvgIpc) is 3.05. The first kappa shape index (κ1) is 20.6. The van der Waals surface area contributed by atoms with Crippen LogP contribution in [0.3, 0.4) is 0 Å². The quantitative estimate of drug-likeness (QED) is 0.617. The Bertz CT molecular complexity index is 982. The Balaban J connectivity index is 1.64. The highest BCUT2D eigenvalue weighted by Crippen LogP contribution is 2.24. The third-order valence-electron chi connectivity index (χ3n) is 4.97. The first-order valence-corrected chi connectivity index (χ1v) is 9.94. The lowest BCUT2D eigenvalue weighted by Crippen LogP contribution is -2.13. The van der Waals surface area contributed by atoms with Crippen LogP contribution in [0.1, 0.15) is 54.9 Å². The normalized spacial score (nSPS) is 11.3. The summed E-state index contributed by atoms with van der Waals surface area (Å²) < 4.78 is 7.76. The molecule has 3 rings (SSSR count). The van der Waals surface area contributed by atoms with Crippen LogP contribution in [0.2, 0.25) is 0 Å². The maximum absolute atomic E-state index is 12.6. The summed E-state index contributed by atoms with van der Waals surface area (Å²) in [6.45, 7) is 11.7. The topological polar surface area (TPSA) is 56.2 Å². The van der Waals surface area contributed by atoms with Gasteiger partial charge in [0.15, 0.2) is 0 Å². The number of carbonyl (C=O) groups excluding carboxylic acids is 1. The van der Waals surface area contributed by atoms with Gasteiger partial charge in [0.05, 0.1) is 17.6 Å². The van der Waals surface area contributed by atoms with Crippen molar-refractivity contribution >= 4 is 11.6 Å². The number of hydrogen-bond donors (Lipinski definition) is 1. The second kappa shape index (κ2) is 8.52. The summed E-state index contributed by atoms with van der Waals surface area (Å²) in [5.74, 6) is 0.663. The minimum atomic E-state index is -0.153. The molecule has 0 bridgehead atoms. The Labute approximate surface area is 172 Å². The fourth-order valence-corrected chi connectivity index (χ4v) is 3.10. The minimum Gasteiger partial charge on any atom is -0.489 e. The third kappa shape index (κ3) is 5.05. The van der Waals surface area contributed by atoms with Gasteiger partial charge in [-0.05, 0) is 54.7 Å². The zero-order valence-corrected chi connectivity index (χ0v) is 17.8. The standard InChI is InChI=1S/C24H29N3O2/c1-6-27-17(2)22(15-25-27)26-23(28)19-9-7-8-18(14-19)16-29-21-12-10-20(11-13-21)24(3,4)5/h7-15H,6,16H2,1-5H3,(H,26,28). The Morgan fingerprint density at radius 3 is 2.48 bits per heavy atom. The largest absolute Gasteiger partial charge is 0.489 e. The molecule has 3 aromatic rings. The van der Waals surface area contributed by atoms with Crippen LogP contribution in [0.5, 0.6) is 5.75 Å². The summed E-state index contributed by atoms with van der Waals surface area (Å²) >= 11 is 0. The minimum absolute atomic E-state index is 0.117. The SMILES string of the molecule is CCn1ncc(NC(=O)c2cccc(COc3ccc(C(C)(C)C)cc3)c2)c1C. The van der Waals surface area contributed by atoms with Crippen molar-refractivity contribution < 1.29 is 9.53 Å². The molecule has 2 aromatic carbocycles. The highest BCUT2D eigenvalue weighted by molar-refractivity contribution is 6.04. The van der Waals surface area contributed by atoms with Crippen LogP contribution in [0.25, 0.3) is 0 Å². The number of benzene rings is 2. The van der Waals surface area contributed by atoms with E-state index in [0.29, 0.717) is 12.2 Å². The molecule has 5 nitrogen and oxygen atoms in total. The molecular weight excluding hydrogens is 362 g/mol. The summed E-state index contributed by atoms with van der Waals surface area (Å²) in [7, 11) is 0. The van der Waals surface area contributed by atoms with Gasteiger partial charge < -0.3 is 10.1 Å². The molecule has 0 radical (unpaired) electrons. The third-order valence-corrected chi connectivity index (χ3v) is 4.97. The zero-order valence-electron chi connectivity index (χ0n) is 17.8. The molecule has 0 spiro atoms. The van der Waals surface area contributed by atoms with E-state index in [-0.39, 0.29) is 11.3 Å². The molecule has 1 amide bonds. The Morgan fingerprint density at radius 2 is 1.86 bits per heavy atom. The predicted octanol–water partition coefficient (Wildman–Crippen LogP) is 5.34. The summed E-state index contributed by atoms with van der Waals surface area (Å²) in [4.78, 5) is 12.6. The highest BCUT2D eigenvalue weighted by atomic mass is 16.5. The highest BCUT2D eigenvalue weighted by Gasteiger charge is 2.14. The average molecular weight is 392 g/mol. The molecule has 152 valence electrons. The van der Waals surface area contributed by atoms with Gasteiger partial charge >= 0.3 is 0 Å². The Kier molecular flexibility index (Phi) is 6.06. The van der Waals surface area contributed by atoms with Crippen molar-refractivity contribution in [2.45, 2.75) is 53.2 Å². The molecule has 1 heterocycles. The first-order chi connectivity index (χ1) is 13.8. The van der Waals surface area contributed by atoms with Gasteiger partial charge in [0, 0.05) is 12.1 Å². The Morgan fingerprint density at radius 1 is 1.14 bits per heavy atom. The van der Waals surface area contributed by atoms with Crippen LogP contribution < -0.4 is 10.1 Å². The van der Waals surface area contributed by atoms with Crippen molar-refractivity contribution in [1.82, 2.24) is 9.78 Å². The van der Waals surface area contributed by atoms with E-state index in [2.05, 4.69) is 43.3 Å². The predicted molar refractivity (Wildman–Crippen MR) is 117 cm³/mol. The van der Waals surface area contributed by atoms with Crippen molar-refractivity contribution in [1.29, 1.82) is 0 Å². The van der Waals surface area contributed by atoms with E-state index in [4.69, 9.17) is 4.74 Å². The van der Waals surface area contributed by atoms with E-state index >= 15 is 0 Å². The first-order valence-electron chi connectivity index (χ1n) is 9.94. The van der Waals surface area contributed by atoms with Gasteiger partial charge in [-0.3, -0.25) is 9.48 Å². The number of amides is 1. The maximum atomic E-state index is 12.6. The summed E-state index contributed by atoms with van der Waals surface area (Å²) in [5, 5.41) is 7.20. The van der Waals surface area contributed by atoms with Crippen LogP contribution >= 0.6 is 0 Å². The molecule has 0 unspecified atom stereocenters. The van der Waals surface area contributed by atoms with E-state index in [1.807, 2.05) is 48.9 Å². The molecular formula is C24H29N3O2. The summed E-state index contributed by atoms with van der Waals surface area (Å²) in [5.41, 5.74) is 4.60. The number of aromatic nitrogens is 2. The van der Waals surface area contributed by atoms with Gasteiger partial charge in [0.1, 0.15) is 12.4 Å². The van der Waals surface area contributed by atoms with E-state index < -0.39 is 0 Å². The number of ether oxygens (including phenoxy) is 1. The number of nitrogens with zero attached hydrogens (tertiary/aromatic N) is 2. The van der Waals surface area contributed by atoms with Crippen molar-refractivity contribution in [3.63, 3.8) is 0 Å². The maximum Gasteiger partial charge on any atom is 0.255 e. The van der Waals surface area contributed by atoms with Crippen LogP contribution in [0, 0.1) is 6.92 Å². The number of hydrogen-bond acceptors (Lipinski definition) is 3. The molecule has 0 saturated heterocycles. The summed E-state index contributed by atoms with van der Waals surface area (Å²) in [6, 6.07) is 15.7. The number of rotatable bonds is 6. The molecule has 0 aliphatic carbocycles. The molecule has 29 heavy (non-hydrogen) atoms. The lowest BCUT2D eigenvalue weighted by Gasteiger charge is -2.19. The molecule has 0 atom stereocenters. The van der Waals surface area contributed by atoms with Gasteiger partial charge in [0.25, 0.3) is 5.91 Å². The molecule has 0 aliphatic heterocycles. The van der Waals surface area contributed by atoms with Crippen molar-refractivity contribution in [3.05, 3.63) is 77.1 Å². The molecule has 5 heteroatoms. The number of aryl methyl sites for hydroxylation is 1. The smallest absolute Gasteiger partial charge is 0.255 e. The van der Waals surface area contributed by atoms with Gasteiger partial charge in [-0.2, -0.15) is 5.10 Å². The molecule has 1 N–H and O–H groups in total. The van der Waals surface area contributed by atoms with E-state index in [1.165, 1.54) is 5.56 Å². The van der Waals surface area contributed by atoms with Crippen molar-refractivity contribution in [2.24, 2.45) is 0 Å². The number of anilines is 1. The zero-order chi connectivity index (χ0) is 21.0. The van der Waals surface area contributed by atoms with Crippen LogP contribution in [0.15, 0.2) is 54.7 Å². The van der Waals surface area contributed by atoms with Gasteiger partial charge in [0.2, 0.25) is 0 Å². The molecule has 0 saturated carbocycles. The summed E-state index contributed by atoms with van der Waals surface area (Å²) in [6.07, 6.45) is 1.69. The van der Waals surface area contributed by atoms with E-state index in [0.717, 1.165) is 29.2 Å². The lowest BCUT2D eigenvalue weighted by atomic mass is 9.87. The van der Waals surface area contributed by atoms with Crippen LogP contribution in [-0.2, 0) is 18.6 Å².